The van der Waals surface area contributed by atoms with Crippen LogP contribution in [0.25, 0.3) is 22.3 Å². The van der Waals surface area contributed by atoms with Crippen molar-refractivity contribution in [2.75, 3.05) is 44.5 Å². The third-order valence-electron chi connectivity index (χ3n) is 8.25. The predicted molar refractivity (Wildman–Crippen MR) is 171 cm³/mol. The van der Waals surface area contributed by atoms with Gasteiger partial charge in [0.2, 0.25) is 0 Å². The van der Waals surface area contributed by atoms with Crippen LogP contribution in [-0.2, 0) is 16.8 Å². The molecule has 240 valence electrons. The van der Waals surface area contributed by atoms with E-state index in [0.717, 1.165) is 6.07 Å². The molecule has 1 saturated heterocycles. The number of hydrogen-bond acceptors (Lipinski definition) is 7. The highest BCUT2D eigenvalue weighted by atomic mass is 35.5. The molecule has 2 aliphatic rings. The molecule has 0 radical (unpaired) electrons. The molecule has 4 aromatic rings. The number of halogens is 3. The van der Waals surface area contributed by atoms with Crippen molar-refractivity contribution in [1.29, 1.82) is 0 Å². The highest BCUT2D eigenvalue weighted by Gasteiger charge is 2.30. The van der Waals surface area contributed by atoms with Gasteiger partial charge in [-0.05, 0) is 43.7 Å². The van der Waals surface area contributed by atoms with Crippen molar-refractivity contribution >= 4 is 40.8 Å². The molecular formula is C33H31Cl2FN4O6. The minimum absolute atomic E-state index is 0.104. The summed E-state index contributed by atoms with van der Waals surface area (Å²) in [5, 5.41) is 24.1. The van der Waals surface area contributed by atoms with Gasteiger partial charge in [0.25, 0.3) is 5.91 Å². The topological polar surface area (TPSA) is 117 Å². The number of ether oxygens (including phenoxy) is 2. The average Bonchev–Trinajstić information content (AvgIpc) is 3.56. The number of carbonyl (C=O) groups excluding carboxylic acids is 1. The van der Waals surface area contributed by atoms with Crippen LogP contribution in [-0.4, -0.2) is 76.4 Å². The maximum atomic E-state index is 15.5. The number of rotatable bonds is 7. The van der Waals surface area contributed by atoms with Gasteiger partial charge in [0.1, 0.15) is 11.6 Å². The standard InChI is InChI=1S/C33H31Cl2FN4O6/c1-33(2,17-41)40-16-21(14-37-40)20-10-25(34)29(26(35)11-20)31(42)39-15-19-4-3-5-22(30(19)46-18-39)23-13-28(38-6-8-45-9-7-38)24(32(43)44)12-27(23)36/h3-5,10-14,16,41H,6-9,15,17-18H2,1-2H3,(H,43,44). The Morgan fingerprint density at radius 3 is 2.43 bits per heavy atom. The number of para-hydroxylation sites is 1. The fraction of sp³-hybridized carbons (Fsp3) is 0.303. The molecule has 0 aliphatic carbocycles. The number of aromatic carboxylic acids is 1. The number of aromatic nitrogens is 2. The quantitative estimate of drug-likeness (QED) is 0.249. The van der Waals surface area contributed by atoms with Crippen molar-refractivity contribution in [1.82, 2.24) is 14.7 Å². The lowest BCUT2D eigenvalue weighted by Crippen LogP contribution is -2.37. The average molecular weight is 670 g/mol. The molecule has 2 N–H and O–H groups in total. The third-order valence-corrected chi connectivity index (χ3v) is 8.84. The van der Waals surface area contributed by atoms with Crippen LogP contribution in [0.2, 0.25) is 10.0 Å². The Morgan fingerprint density at radius 2 is 1.76 bits per heavy atom. The highest BCUT2D eigenvalue weighted by Crippen LogP contribution is 2.41. The van der Waals surface area contributed by atoms with E-state index in [-0.39, 0.29) is 46.6 Å². The minimum Gasteiger partial charge on any atom is -0.478 e. The minimum atomic E-state index is -1.22. The monoisotopic (exact) mass is 668 g/mol. The molecule has 2 aliphatic heterocycles. The molecule has 0 bridgehead atoms. The Balaban J connectivity index is 1.28. The Labute approximate surface area is 274 Å². The number of amides is 1. The first-order valence-electron chi connectivity index (χ1n) is 14.6. The van der Waals surface area contributed by atoms with Crippen LogP contribution in [0.5, 0.6) is 5.75 Å². The lowest BCUT2D eigenvalue weighted by molar-refractivity contribution is 0.0516. The van der Waals surface area contributed by atoms with Crippen LogP contribution in [0.3, 0.4) is 0 Å². The van der Waals surface area contributed by atoms with Crippen LogP contribution in [0.1, 0.15) is 40.1 Å². The summed E-state index contributed by atoms with van der Waals surface area (Å²) in [7, 11) is 0. The SMILES string of the molecule is CC(C)(CO)n1cc(-c2cc(Cl)c(C(=O)N3COc4c(cccc4-c4cc(N5CCOCC5)c(C(=O)O)cc4F)C3)c(Cl)c2)cn1. The Kier molecular flexibility index (Phi) is 8.68. The van der Waals surface area contributed by atoms with Crippen LogP contribution in [0.15, 0.2) is 54.9 Å². The van der Waals surface area contributed by atoms with E-state index in [1.165, 1.54) is 11.0 Å². The number of carboxylic acid groups (broad SMARTS) is 1. The van der Waals surface area contributed by atoms with Gasteiger partial charge in [-0.2, -0.15) is 5.10 Å². The maximum absolute atomic E-state index is 15.5. The number of hydrogen-bond donors (Lipinski definition) is 2. The number of carboxylic acids is 1. The Morgan fingerprint density at radius 1 is 1.04 bits per heavy atom. The fourth-order valence-electron chi connectivity index (χ4n) is 5.60. The summed E-state index contributed by atoms with van der Waals surface area (Å²) in [5.74, 6) is -1.97. The molecule has 0 saturated carbocycles. The number of nitrogens with zero attached hydrogens (tertiary/aromatic N) is 4. The van der Waals surface area contributed by atoms with Crippen LogP contribution < -0.4 is 9.64 Å². The van der Waals surface area contributed by atoms with Crippen molar-refractivity contribution in [3.05, 3.63) is 87.4 Å². The molecular weight excluding hydrogens is 638 g/mol. The molecule has 1 aromatic heterocycles. The summed E-state index contributed by atoms with van der Waals surface area (Å²) >= 11 is 13.2. The largest absolute Gasteiger partial charge is 0.478 e. The third kappa shape index (κ3) is 5.91. The van der Waals surface area contributed by atoms with E-state index in [4.69, 9.17) is 32.7 Å². The van der Waals surface area contributed by atoms with Crippen LogP contribution in [0, 0.1) is 5.82 Å². The molecule has 0 spiro atoms. The fourth-order valence-corrected chi connectivity index (χ4v) is 6.25. The Bertz CT molecular complexity index is 1820. The zero-order valence-corrected chi connectivity index (χ0v) is 26.6. The first-order chi connectivity index (χ1) is 22.0. The van der Waals surface area contributed by atoms with E-state index in [1.807, 2.05) is 18.7 Å². The van der Waals surface area contributed by atoms with E-state index in [1.54, 1.807) is 47.4 Å². The van der Waals surface area contributed by atoms with Crippen molar-refractivity contribution in [3.63, 3.8) is 0 Å². The first-order valence-corrected chi connectivity index (χ1v) is 15.3. The molecule has 0 atom stereocenters. The van der Waals surface area contributed by atoms with E-state index in [2.05, 4.69) is 5.10 Å². The summed E-state index contributed by atoms with van der Waals surface area (Å²) in [6.45, 7) is 5.41. The van der Waals surface area contributed by atoms with Gasteiger partial charge in [0, 0.05) is 41.5 Å². The molecule has 1 fully saturated rings. The van der Waals surface area contributed by atoms with Crippen molar-refractivity contribution in [2.45, 2.75) is 25.9 Å². The van der Waals surface area contributed by atoms with E-state index in [0.29, 0.717) is 60.0 Å². The van der Waals surface area contributed by atoms with E-state index >= 15 is 4.39 Å². The van der Waals surface area contributed by atoms with Gasteiger partial charge in [-0.3, -0.25) is 9.48 Å². The second kappa shape index (κ2) is 12.6. The van der Waals surface area contributed by atoms with Gasteiger partial charge >= 0.3 is 5.97 Å². The van der Waals surface area contributed by atoms with Gasteiger partial charge < -0.3 is 29.5 Å². The molecule has 1 amide bonds. The summed E-state index contributed by atoms with van der Waals surface area (Å²) in [5.41, 5.74) is 2.41. The van der Waals surface area contributed by atoms with Crippen molar-refractivity contribution in [2.24, 2.45) is 0 Å². The number of aliphatic hydroxyl groups is 1. The highest BCUT2D eigenvalue weighted by molar-refractivity contribution is 6.40. The lowest BCUT2D eigenvalue weighted by atomic mass is 9.97. The number of carbonyl (C=O) groups is 2. The molecule has 10 nitrogen and oxygen atoms in total. The second-order valence-corrected chi connectivity index (χ2v) is 12.6. The zero-order valence-electron chi connectivity index (χ0n) is 25.1. The number of benzene rings is 3. The first kappa shape index (κ1) is 31.8. The number of aliphatic hydroxyl groups excluding tert-OH is 1. The number of fused-ring (bicyclic) bond motifs is 1. The normalized spacial score (nSPS) is 15.0. The van der Waals surface area contributed by atoms with E-state index in [9.17, 15) is 19.8 Å². The van der Waals surface area contributed by atoms with Gasteiger partial charge in [0.15, 0.2) is 6.73 Å². The Hall–Kier alpha value is -4.16. The molecule has 0 unspecified atom stereocenters. The summed E-state index contributed by atoms with van der Waals surface area (Å²) < 4.78 is 28.6. The van der Waals surface area contributed by atoms with Gasteiger partial charge in [0.05, 0.1) is 65.0 Å². The molecule has 13 heteroatoms. The molecule has 3 aromatic carbocycles. The maximum Gasteiger partial charge on any atom is 0.337 e. The zero-order chi connectivity index (χ0) is 32.7. The van der Waals surface area contributed by atoms with Crippen molar-refractivity contribution in [3.8, 4) is 28.0 Å². The van der Waals surface area contributed by atoms with Gasteiger partial charge in [-0.25, -0.2) is 9.18 Å². The number of anilines is 1. The van der Waals surface area contributed by atoms with Crippen LogP contribution in [0.4, 0.5) is 10.1 Å². The van der Waals surface area contributed by atoms with Crippen molar-refractivity contribution < 1.29 is 33.7 Å². The molecule has 3 heterocycles. The van der Waals surface area contributed by atoms with Crippen LogP contribution >= 0.6 is 23.2 Å². The number of morpholine rings is 1. The summed E-state index contributed by atoms with van der Waals surface area (Å²) in [6, 6.07) is 11.1. The smallest absolute Gasteiger partial charge is 0.337 e. The molecule has 46 heavy (non-hydrogen) atoms. The second-order valence-electron chi connectivity index (χ2n) is 11.8. The van der Waals surface area contributed by atoms with Gasteiger partial charge in [-0.1, -0.05) is 41.4 Å². The van der Waals surface area contributed by atoms with Gasteiger partial charge in [-0.15, -0.1) is 0 Å². The predicted octanol–water partition coefficient (Wildman–Crippen LogP) is 5.92. The lowest BCUT2D eigenvalue weighted by Gasteiger charge is -2.32. The molecule has 6 rings (SSSR count). The van der Waals surface area contributed by atoms with E-state index < -0.39 is 23.2 Å². The summed E-state index contributed by atoms with van der Waals surface area (Å²) in [6.07, 6.45) is 3.41. The summed E-state index contributed by atoms with van der Waals surface area (Å²) in [4.78, 5) is 29.0.